The van der Waals surface area contributed by atoms with Crippen molar-refractivity contribution in [3.05, 3.63) is 66.0 Å². The zero-order valence-corrected chi connectivity index (χ0v) is 15.1. The minimum atomic E-state index is -0.531. The van der Waals surface area contributed by atoms with Crippen LogP contribution in [-0.2, 0) is 16.8 Å². The highest BCUT2D eigenvalue weighted by molar-refractivity contribution is 6.08. The second kappa shape index (κ2) is 6.02. The van der Waals surface area contributed by atoms with Crippen molar-refractivity contribution in [1.29, 1.82) is 0 Å². The van der Waals surface area contributed by atoms with Gasteiger partial charge in [0.1, 0.15) is 5.75 Å². The van der Waals surface area contributed by atoms with E-state index in [0.29, 0.717) is 6.54 Å². The molecule has 5 nitrogen and oxygen atoms in total. The first-order chi connectivity index (χ1) is 12.5. The van der Waals surface area contributed by atoms with E-state index in [2.05, 4.69) is 28.4 Å². The number of rotatable bonds is 4. The second-order valence-corrected chi connectivity index (χ2v) is 7.08. The van der Waals surface area contributed by atoms with Crippen molar-refractivity contribution in [2.24, 2.45) is 0 Å². The molecule has 0 spiro atoms. The summed E-state index contributed by atoms with van der Waals surface area (Å²) in [6.45, 7) is 4.51. The molecule has 0 aliphatic carbocycles. The lowest BCUT2D eigenvalue weighted by atomic mass is 9.85. The van der Waals surface area contributed by atoms with Crippen LogP contribution in [0.15, 0.2) is 54.9 Å². The van der Waals surface area contributed by atoms with Crippen molar-refractivity contribution in [1.82, 2.24) is 10.2 Å². The molecular weight excluding hydrogens is 326 g/mol. The molecule has 3 aromatic rings. The Morgan fingerprint density at radius 1 is 1.12 bits per heavy atom. The van der Waals surface area contributed by atoms with Gasteiger partial charge in [0.05, 0.1) is 25.3 Å². The maximum absolute atomic E-state index is 13.1. The van der Waals surface area contributed by atoms with Crippen LogP contribution in [0.4, 0.5) is 5.69 Å². The van der Waals surface area contributed by atoms with Crippen LogP contribution < -0.4 is 9.64 Å². The van der Waals surface area contributed by atoms with E-state index < -0.39 is 5.41 Å². The Bertz CT molecular complexity index is 944. The third kappa shape index (κ3) is 2.56. The number of nitrogens with zero attached hydrogens (tertiary/aromatic N) is 2. The number of carbonyl (C=O) groups is 1. The van der Waals surface area contributed by atoms with E-state index in [1.807, 2.05) is 49.2 Å². The van der Waals surface area contributed by atoms with Crippen LogP contribution in [0.1, 0.15) is 25.0 Å². The summed E-state index contributed by atoms with van der Waals surface area (Å²) in [5.41, 5.74) is 4.61. The van der Waals surface area contributed by atoms with E-state index in [-0.39, 0.29) is 5.91 Å². The molecule has 1 aromatic heterocycles. The monoisotopic (exact) mass is 347 g/mol. The Hall–Kier alpha value is -3.08. The van der Waals surface area contributed by atoms with Crippen LogP contribution in [0, 0.1) is 0 Å². The number of nitrogens with one attached hydrogen (secondary N) is 1. The van der Waals surface area contributed by atoms with Crippen molar-refractivity contribution in [2.45, 2.75) is 25.8 Å². The van der Waals surface area contributed by atoms with Gasteiger partial charge in [-0.15, -0.1) is 0 Å². The summed E-state index contributed by atoms with van der Waals surface area (Å²) < 4.78 is 5.22. The molecule has 26 heavy (non-hydrogen) atoms. The van der Waals surface area contributed by atoms with Crippen LogP contribution in [0.5, 0.6) is 5.75 Å². The first-order valence-electron chi connectivity index (χ1n) is 8.59. The molecule has 0 unspecified atom stereocenters. The van der Waals surface area contributed by atoms with Crippen LogP contribution in [-0.4, -0.2) is 23.2 Å². The Labute approximate surface area is 152 Å². The molecule has 1 aliphatic heterocycles. The molecule has 132 valence electrons. The molecule has 5 heteroatoms. The lowest BCUT2D eigenvalue weighted by Crippen LogP contribution is -2.35. The van der Waals surface area contributed by atoms with E-state index >= 15 is 0 Å². The minimum absolute atomic E-state index is 0.118. The molecule has 0 atom stereocenters. The number of ether oxygens (including phenoxy) is 1. The van der Waals surface area contributed by atoms with Crippen LogP contribution >= 0.6 is 0 Å². The highest BCUT2D eigenvalue weighted by Crippen LogP contribution is 2.44. The van der Waals surface area contributed by atoms with Crippen LogP contribution in [0.3, 0.4) is 0 Å². The number of aromatic nitrogens is 2. The standard InChI is InChI=1S/C21H21N3O2/c1-21(2)18-9-6-15(16-11-22-23-12-16)10-19(18)24(20(21)25)13-14-4-7-17(26-3)8-5-14/h4-12H,13H2,1-3H3,(H,22,23). The average molecular weight is 347 g/mol. The summed E-state index contributed by atoms with van der Waals surface area (Å²) in [6.07, 6.45) is 3.65. The summed E-state index contributed by atoms with van der Waals surface area (Å²) in [5, 5.41) is 6.86. The number of amides is 1. The molecule has 2 aromatic carbocycles. The van der Waals surface area contributed by atoms with Crippen molar-refractivity contribution < 1.29 is 9.53 Å². The van der Waals surface area contributed by atoms with Gasteiger partial charge in [-0.05, 0) is 48.7 Å². The SMILES string of the molecule is COc1ccc(CN2C(=O)C(C)(C)c3ccc(-c4cn[nH]c4)cc32)cc1. The van der Waals surface area contributed by atoms with Gasteiger partial charge in [-0.25, -0.2) is 0 Å². The fourth-order valence-electron chi connectivity index (χ4n) is 3.50. The number of aromatic amines is 1. The van der Waals surface area contributed by atoms with Crippen molar-refractivity contribution >= 4 is 11.6 Å². The zero-order valence-electron chi connectivity index (χ0n) is 15.1. The van der Waals surface area contributed by atoms with Gasteiger partial charge in [0.25, 0.3) is 0 Å². The van der Waals surface area contributed by atoms with Crippen molar-refractivity contribution in [3.63, 3.8) is 0 Å². The molecule has 1 aliphatic rings. The van der Waals surface area contributed by atoms with E-state index in [1.54, 1.807) is 13.3 Å². The maximum atomic E-state index is 13.1. The third-order valence-electron chi connectivity index (χ3n) is 5.07. The topological polar surface area (TPSA) is 58.2 Å². The predicted octanol–water partition coefficient (Wildman–Crippen LogP) is 3.91. The van der Waals surface area contributed by atoms with E-state index in [0.717, 1.165) is 33.7 Å². The van der Waals surface area contributed by atoms with Crippen LogP contribution in [0.25, 0.3) is 11.1 Å². The van der Waals surface area contributed by atoms with Gasteiger partial charge < -0.3 is 9.64 Å². The Morgan fingerprint density at radius 3 is 2.54 bits per heavy atom. The molecule has 1 N–H and O–H groups in total. The van der Waals surface area contributed by atoms with Gasteiger partial charge in [0.2, 0.25) is 5.91 Å². The number of benzene rings is 2. The van der Waals surface area contributed by atoms with E-state index in [9.17, 15) is 4.79 Å². The van der Waals surface area contributed by atoms with Gasteiger partial charge >= 0.3 is 0 Å². The molecule has 0 fully saturated rings. The first-order valence-corrected chi connectivity index (χ1v) is 8.59. The lowest BCUT2D eigenvalue weighted by molar-refractivity contribution is -0.122. The highest BCUT2D eigenvalue weighted by atomic mass is 16.5. The van der Waals surface area contributed by atoms with Crippen LogP contribution in [0.2, 0.25) is 0 Å². The van der Waals surface area contributed by atoms with Gasteiger partial charge in [-0.2, -0.15) is 5.10 Å². The number of hydrogen-bond acceptors (Lipinski definition) is 3. The third-order valence-corrected chi connectivity index (χ3v) is 5.07. The zero-order chi connectivity index (χ0) is 18.3. The van der Waals surface area contributed by atoms with Gasteiger partial charge in [-0.3, -0.25) is 9.89 Å². The molecule has 1 amide bonds. The summed E-state index contributed by atoms with van der Waals surface area (Å²) in [7, 11) is 1.65. The fraction of sp³-hybridized carbons (Fsp3) is 0.238. The predicted molar refractivity (Wildman–Crippen MR) is 101 cm³/mol. The molecule has 0 bridgehead atoms. The summed E-state index contributed by atoms with van der Waals surface area (Å²) in [4.78, 5) is 15.0. The van der Waals surface area contributed by atoms with Crippen molar-refractivity contribution in [3.8, 4) is 16.9 Å². The normalized spacial score (nSPS) is 15.2. The van der Waals surface area contributed by atoms with E-state index in [1.165, 1.54) is 0 Å². The maximum Gasteiger partial charge on any atom is 0.237 e. The van der Waals surface area contributed by atoms with Gasteiger partial charge in [-0.1, -0.05) is 24.3 Å². The summed E-state index contributed by atoms with van der Waals surface area (Å²) in [5.74, 6) is 0.928. The Balaban J connectivity index is 1.74. The number of methoxy groups -OCH3 is 1. The summed E-state index contributed by atoms with van der Waals surface area (Å²) in [6, 6.07) is 14.0. The van der Waals surface area contributed by atoms with Gasteiger partial charge in [0.15, 0.2) is 0 Å². The molecule has 2 heterocycles. The van der Waals surface area contributed by atoms with Crippen molar-refractivity contribution in [2.75, 3.05) is 12.0 Å². The number of hydrogen-bond donors (Lipinski definition) is 1. The number of anilines is 1. The largest absolute Gasteiger partial charge is 0.497 e. The van der Waals surface area contributed by atoms with Gasteiger partial charge in [0, 0.05) is 17.4 Å². The Kier molecular flexibility index (Phi) is 3.80. The number of H-pyrrole nitrogens is 1. The Morgan fingerprint density at radius 2 is 1.88 bits per heavy atom. The molecule has 0 radical (unpaired) electrons. The quantitative estimate of drug-likeness (QED) is 0.778. The number of fused-ring (bicyclic) bond motifs is 1. The fourth-order valence-corrected chi connectivity index (χ4v) is 3.50. The molecule has 0 saturated carbocycles. The second-order valence-electron chi connectivity index (χ2n) is 7.08. The highest BCUT2D eigenvalue weighted by Gasteiger charge is 2.43. The molecule has 4 rings (SSSR count). The average Bonchev–Trinajstić information content (AvgIpc) is 3.25. The summed E-state index contributed by atoms with van der Waals surface area (Å²) >= 11 is 0. The smallest absolute Gasteiger partial charge is 0.237 e. The molecule has 0 saturated heterocycles. The minimum Gasteiger partial charge on any atom is -0.497 e. The van der Waals surface area contributed by atoms with E-state index in [4.69, 9.17) is 4.74 Å². The first kappa shape index (κ1) is 16.4. The number of carbonyl (C=O) groups excluding carboxylic acids is 1. The lowest BCUT2D eigenvalue weighted by Gasteiger charge is -2.20. The molecular formula is C21H21N3O2.